The highest BCUT2D eigenvalue weighted by molar-refractivity contribution is 5.37. The Balaban J connectivity index is 1.91. The van der Waals surface area contributed by atoms with E-state index in [0.29, 0.717) is 12.2 Å². The molecule has 4 heteroatoms. The third-order valence-electron chi connectivity index (χ3n) is 2.76. The summed E-state index contributed by atoms with van der Waals surface area (Å²) in [4.78, 5) is 4.23. The second kappa shape index (κ2) is 5.69. The van der Waals surface area contributed by atoms with Crippen LogP contribution in [0.15, 0.2) is 41.1 Å². The Bertz CT molecular complexity index is 482. The van der Waals surface area contributed by atoms with Crippen molar-refractivity contribution in [2.75, 3.05) is 5.32 Å². The monoisotopic (exact) mass is 246 g/mol. The maximum Gasteiger partial charge on any atom is 0.132 e. The van der Waals surface area contributed by atoms with E-state index in [4.69, 9.17) is 4.42 Å². The molecule has 0 bridgehead atoms. The van der Waals surface area contributed by atoms with Gasteiger partial charge < -0.3 is 14.8 Å². The summed E-state index contributed by atoms with van der Waals surface area (Å²) >= 11 is 0. The van der Waals surface area contributed by atoms with Crippen LogP contribution in [0.25, 0.3) is 0 Å². The highest BCUT2D eigenvalue weighted by Crippen LogP contribution is 2.20. The summed E-state index contributed by atoms with van der Waals surface area (Å²) < 4.78 is 5.17. The van der Waals surface area contributed by atoms with Gasteiger partial charge in [-0.1, -0.05) is 0 Å². The topological polar surface area (TPSA) is 58.3 Å². The molecular weight excluding hydrogens is 228 g/mol. The Hall–Kier alpha value is -1.81. The van der Waals surface area contributed by atoms with Crippen LogP contribution in [0.1, 0.15) is 30.8 Å². The molecule has 18 heavy (non-hydrogen) atoms. The number of pyridine rings is 1. The highest BCUT2D eigenvalue weighted by Gasteiger charge is 2.14. The first-order chi connectivity index (χ1) is 8.65. The van der Waals surface area contributed by atoms with Gasteiger partial charge in [-0.05, 0) is 43.7 Å². The predicted molar refractivity (Wildman–Crippen MR) is 70.3 cm³/mol. The Kier molecular flexibility index (Phi) is 3.99. The van der Waals surface area contributed by atoms with Gasteiger partial charge in [-0.2, -0.15) is 0 Å². The molecule has 4 nitrogen and oxygen atoms in total. The molecule has 0 aliphatic carbocycles. The van der Waals surface area contributed by atoms with Gasteiger partial charge >= 0.3 is 0 Å². The summed E-state index contributed by atoms with van der Waals surface area (Å²) in [6.07, 6.45) is 3.32. The Labute approximate surface area is 107 Å². The number of hydrogen-bond donors (Lipinski definition) is 2. The molecule has 0 unspecified atom stereocenters. The van der Waals surface area contributed by atoms with Crippen molar-refractivity contribution in [3.05, 3.63) is 48.0 Å². The molecule has 2 aromatic heterocycles. The molecule has 2 rings (SSSR count). The Morgan fingerprint density at radius 3 is 2.94 bits per heavy atom. The molecule has 96 valence electrons. The van der Waals surface area contributed by atoms with Crippen molar-refractivity contribution in [1.82, 2.24) is 4.98 Å². The van der Waals surface area contributed by atoms with Gasteiger partial charge in [-0.25, -0.2) is 4.98 Å². The van der Waals surface area contributed by atoms with Gasteiger partial charge in [0.15, 0.2) is 0 Å². The Morgan fingerprint density at radius 1 is 1.44 bits per heavy atom. The van der Waals surface area contributed by atoms with E-state index in [0.717, 1.165) is 11.4 Å². The fourth-order valence-corrected chi connectivity index (χ4v) is 1.86. The van der Waals surface area contributed by atoms with Crippen LogP contribution in [0, 0.1) is 6.92 Å². The summed E-state index contributed by atoms with van der Waals surface area (Å²) in [5, 5.41) is 13.2. The molecule has 0 fully saturated rings. The summed E-state index contributed by atoms with van der Waals surface area (Å²) in [5.74, 6) is 1.43. The van der Waals surface area contributed by atoms with Crippen LogP contribution in [0.3, 0.4) is 0 Å². The van der Waals surface area contributed by atoms with E-state index in [1.54, 1.807) is 24.6 Å². The van der Waals surface area contributed by atoms with Crippen molar-refractivity contribution < 1.29 is 9.52 Å². The number of furan rings is 1. The van der Waals surface area contributed by atoms with Crippen LogP contribution in [0.4, 0.5) is 5.82 Å². The molecule has 0 radical (unpaired) electrons. The van der Waals surface area contributed by atoms with Crippen LogP contribution < -0.4 is 5.32 Å². The highest BCUT2D eigenvalue weighted by atomic mass is 16.4. The normalized spacial score (nSPS) is 14.2. The number of anilines is 1. The summed E-state index contributed by atoms with van der Waals surface area (Å²) in [7, 11) is 0. The fraction of sp³-hybridized carbons (Fsp3) is 0.357. The third-order valence-corrected chi connectivity index (χ3v) is 2.76. The fourth-order valence-electron chi connectivity index (χ4n) is 1.86. The number of nitrogens with zero attached hydrogens (tertiary/aromatic N) is 1. The number of aromatic nitrogens is 1. The van der Waals surface area contributed by atoms with Gasteiger partial charge in [0.25, 0.3) is 0 Å². The lowest BCUT2D eigenvalue weighted by molar-refractivity contribution is 0.136. The third kappa shape index (κ3) is 3.34. The lowest BCUT2D eigenvalue weighted by Gasteiger charge is -2.17. The van der Waals surface area contributed by atoms with Gasteiger partial charge in [0, 0.05) is 18.7 Å². The van der Waals surface area contributed by atoms with Crippen LogP contribution in [-0.2, 0) is 0 Å². The maximum absolute atomic E-state index is 9.96. The van der Waals surface area contributed by atoms with Crippen molar-refractivity contribution in [1.29, 1.82) is 0 Å². The number of hydrogen-bond acceptors (Lipinski definition) is 4. The molecule has 0 saturated carbocycles. The molecular formula is C14H18N2O2. The molecule has 0 aromatic carbocycles. The van der Waals surface area contributed by atoms with E-state index in [1.165, 1.54) is 0 Å². The number of aryl methyl sites for hydroxylation is 1. The van der Waals surface area contributed by atoms with Crippen molar-refractivity contribution in [3.8, 4) is 0 Å². The van der Waals surface area contributed by atoms with Crippen LogP contribution in [0.2, 0.25) is 0 Å². The lowest BCUT2D eigenvalue weighted by atomic mass is 10.1. The van der Waals surface area contributed by atoms with E-state index in [2.05, 4.69) is 10.3 Å². The number of nitrogens with one attached hydrogen (secondary N) is 1. The van der Waals surface area contributed by atoms with Gasteiger partial charge in [0.1, 0.15) is 17.7 Å². The molecule has 2 aromatic rings. The summed E-state index contributed by atoms with van der Waals surface area (Å²) in [5.41, 5.74) is 1.16. The minimum Gasteiger partial charge on any atom is -0.467 e. The van der Waals surface area contributed by atoms with Gasteiger partial charge in [-0.3, -0.25) is 0 Å². The van der Waals surface area contributed by atoms with E-state index in [-0.39, 0.29) is 6.04 Å². The van der Waals surface area contributed by atoms with Crippen molar-refractivity contribution >= 4 is 5.82 Å². The lowest BCUT2D eigenvalue weighted by Crippen LogP contribution is -2.19. The maximum atomic E-state index is 9.96. The molecule has 0 amide bonds. The molecule has 2 heterocycles. The number of rotatable bonds is 5. The van der Waals surface area contributed by atoms with Crippen molar-refractivity contribution in [2.24, 2.45) is 0 Å². The molecule has 0 saturated heterocycles. The average molecular weight is 246 g/mol. The average Bonchev–Trinajstić information content (AvgIpc) is 2.81. The minimum absolute atomic E-state index is 0.111. The zero-order valence-corrected chi connectivity index (χ0v) is 10.6. The van der Waals surface area contributed by atoms with Crippen molar-refractivity contribution in [3.63, 3.8) is 0 Å². The van der Waals surface area contributed by atoms with Crippen molar-refractivity contribution in [2.45, 2.75) is 32.4 Å². The van der Waals surface area contributed by atoms with E-state index in [1.807, 2.05) is 26.0 Å². The van der Waals surface area contributed by atoms with E-state index < -0.39 is 6.10 Å². The zero-order chi connectivity index (χ0) is 13.0. The quantitative estimate of drug-likeness (QED) is 0.851. The SMILES string of the molecule is Cc1ccnc(N[C@@H](C)C[C@H](O)c2ccco2)c1. The first-order valence-corrected chi connectivity index (χ1v) is 6.06. The predicted octanol–water partition coefficient (Wildman–Crippen LogP) is 2.91. The largest absolute Gasteiger partial charge is 0.467 e. The number of aliphatic hydroxyl groups excluding tert-OH is 1. The van der Waals surface area contributed by atoms with E-state index in [9.17, 15) is 5.11 Å². The van der Waals surface area contributed by atoms with E-state index >= 15 is 0 Å². The number of aliphatic hydroxyl groups is 1. The molecule has 2 atom stereocenters. The molecule has 0 spiro atoms. The minimum atomic E-state index is -0.590. The molecule has 2 N–H and O–H groups in total. The second-order valence-electron chi connectivity index (χ2n) is 4.53. The summed E-state index contributed by atoms with van der Waals surface area (Å²) in [6, 6.07) is 7.60. The molecule has 0 aliphatic rings. The molecule has 0 aliphatic heterocycles. The van der Waals surface area contributed by atoms with Crippen LogP contribution in [0.5, 0.6) is 0 Å². The Morgan fingerprint density at radius 2 is 2.28 bits per heavy atom. The van der Waals surface area contributed by atoms with Crippen LogP contribution >= 0.6 is 0 Å². The first kappa shape index (κ1) is 12.6. The smallest absolute Gasteiger partial charge is 0.132 e. The standard InChI is InChI=1S/C14H18N2O2/c1-10-5-6-15-14(8-10)16-11(2)9-12(17)13-4-3-7-18-13/h3-8,11-12,17H,9H2,1-2H3,(H,15,16)/t11-,12-/m0/s1. The van der Waals surface area contributed by atoms with Crippen LogP contribution in [-0.4, -0.2) is 16.1 Å². The zero-order valence-electron chi connectivity index (χ0n) is 10.6. The van der Waals surface area contributed by atoms with Gasteiger partial charge in [-0.15, -0.1) is 0 Å². The second-order valence-corrected chi connectivity index (χ2v) is 4.53. The first-order valence-electron chi connectivity index (χ1n) is 6.06. The summed E-state index contributed by atoms with van der Waals surface area (Å²) in [6.45, 7) is 4.03. The van der Waals surface area contributed by atoms with Gasteiger partial charge in [0.2, 0.25) is 0 Å². The van der Waals surface area contributed by atoms with Gasteiger partial charge in [0.05, 0.1) is 6.26 Å².